The van der Waals surface area contributed by atoms with Crippen molar-refractivity contribution in [2.24, 2.45) is 0 Å². The van der Waals surface area contributed by atoms with E-state index in [2.05, 4.69) is 15.0 Å². The number of halogens is 3. The van der Waals surface area contributed by atoms with Gasteiger partial charge in [-0.25, -0.2) is 4.98 Å². The van der Waals surface area contributed by atoms with Crippen LogP contribution in [0, 0.1) is 0 Å². The normalized spacial score (nSPS) is 11.3. The number of ether oxygens (including phenoxy) is 1. The third-order valence-corrected chi connectivity index (χ3v) is 4.42. The van der Waals surface area contributed by atoms with Crippen molar-refractivity contribution in [2.75, 3.05) is 5.32 Å². The Morgan fingerprint density at radius 3 is 2.29 bits per heavy atom. The molecular formula is C22H14F3N3O3. The fourth-order valence-electron chi connectivity index (χ4n) is 2.97. The molecule has 1 amide bonds. The van der Waals surface area contributed by atoms with Crippen LogP contribution < -0.4 is 15.6 Å². The van der Waals surface area contributed by atoms with Crippen LogP contribution >= 0.6 is 0 Å². The molecule has 1 N–H and O–H groups in total. The number of anilines is 1. The number of benzene rings is 3. The topological polar surface area (TPSA) is 73.2 Å². The SMILES string of the molecule is O=C(Nc1ccc(OC(F)(F)F)cc1)c1ccc(-n2cnc3ccccc3c2=O)cc1. The summed E-state index contributed by atoms with van der Waals surface area (Å²) in [6.07, 6.45) is -3.36. The predicted molar refractivity (Wildman–Crippen MR) is 108 cm³/mol. The Morgan fingerprint density at radius 2 is 1.61 bits per heavy atom. The number of rotatable bonds is 4. The van der Waals surface area contributed by atoms with E-state index in [-0.39, 0.29) is 11.3 Å². The first-order valence-electron chi connectivity index (χ1n) is 9.04. The largest absolute Gasteiger partial charge is 0.573 e. The number of carbonyl (C=O) groups is 1. The van der Waals surface area contributed by atoms with E-state index in [1.165, 1.54) is 35.2 Å². The zero-order chi connectivity index (χ0) is 22.0. The van der Waals surface area contributed by atoms with Crippen LogP contribution in [0.25, 0.3) is 16.6 Å². The molecule has 4 rings (SSSR count). The highest BCUT2D eigenvalue weighted by Crippen LogP contribution is 2.24. The summed E-state index contributed by atoms with van der Waals surface area (Å²) in [4.78, 5) is 29.3. The van der Waals surface area contributed by atoms with Gasteiger partial charge in [-0.15, -0.1) is 13.2 Å². The molecule has 0 bridgehead atoms. The molecule has 1 heterocycles. The molecule has 31 heavy (non-hydrogen) atoms. The highest BCUT2D eigenvalue weighted by Gasteiger charge is 2.30. The Kier molecular flexibility index (Phi) is 5.16. The maximum absolute atomic E-state index is 12.7. The minimum absolute atomic E-state index is 0.232. The Morgan fingerprint density at radius 1 is 0.935 bits per heavy atom. The lowest BCUT2D eigenvalue weighted by Crippen LogP contribution is -2.19. The van der Waals surface area contributed by atoms with Gasteiger partial charge in [0.05, 0.1) is 16.6 Å². The summed E-state index contributed by atoms with van der Waals surface area (Å²) < 4.78 is 41.8. The van der Waals surface area contributed by atoms with Crippen LogP contribution in [0.5, 0.6) is 5.75 Å². The zero-order valence-corrected chi connectivity index (χ0v) is 15.8. The number of hydrogen-bond acceptors (Lipinski definition) is 4. The highest BCUT2D eigenvalue weighted by atomic mass is 19.4. The predicted octanol–water partition coefficient (Wildman–Crippen LogP) is 4.54. The first kappa shape index (κ1) is 20.1. The third-order valence-electron chi connectivity index (χ3n) is 4.42. The Labute approximate surface area is 173 Å². The quantitative estimate of drug-likeness (QED) is 0.521. The average Bonchev–Trinajstić information content (AvgIpc) is 2.75. The molecule has 156 valence electrons. The van der Waals surface area contributed by atoms with Crippen molar-refractivity contribution in [3.8, 4) is 11.4 Å². The molecule has 4 aromatic rings. The summed E-state index contributed by atoms with van der Waals surface area (Å²) in [6, 6.07) is 18.1. The van der Waals surface area contributed by atoms with Gasteiger partial charge in [-0.2, -0.15) is 0 Å². The number of amides is 1. The molecule has 0 aliphatic rings. The van der Waals surface area contributed by atoms with E-state index in [0.29, 0.717) is 27.8 Å². The molecule has 6 nitrogen and oxygen atoms in total. The third kappa shape index (κ3) is 4.55. The standard InChI is InChI=1S/C22H14F3N3O3/c23-22(24,25)31-17-11-7-15(8-12-17)27-20(29)14-5-9-16(10-6-14)28-13-26-19-4-2-1-3-18(19)21(28)30/h1-13H,(H,27,29). The molecule has 0 spiro atoms. The van der Waals surface area contributed by atoms with Crippen molar-refractivity contribution in [3.63, 3.8) is 0 Å². The van der Waals surface area contributed by atoms with Gasteiger partial charge in [-0.05, 0) is 60.7 Å². The first-order valence-corrected chi connectivity index (χ1v) is 9.04. The molecule has 0 saturated heterocycles. The Bertz CT molecular complexity index is 1300. The van der Waals surface area contributed by atoms with Crippen LogP contribution in [0.15, 0.2) is 83.9 Å². The van der Waals surface area contributed by atoms with Gasteiger partial charge in [-0.1, -0.05) is 12.1 Å². The molecule has 0 unspecified atom stereocenters. The van der Waals surface area contributed by atoms with E-state index in [0.717, 1.165) is 12.1 Å². The molecule has 1 aromatic heterocycles. The lowest BCUT2D eigenvalue weighted by molar-refractivity contribution is -0.274. The summed E-state index contributed by atoms with van der Waals surface area (Å²) in [7, 11) is 0. The molecule has 3 aromatic carbocycles. The van der Waals surface area contributed by atoms with Gasteiger partial charge in [0.15, 0.2) is 0 Å². The second kappa shape index (κ2) is 7.94. The van der Waals surface area contributed by atoms with Gasteiger partial charge >= 0.3 is 6.36 Å². The van der Waals surface area contributed by atoms with Crippen molar-refractivity contribution < 1.29 is 22.7 Å². The highest BCUT2D eigenvalue weighted by molar-refractivity contribution is 6.04. The van der Waals surface area contributed by atoms with E-state index >= 15 is 0 Å². The lowest BCUT2D eigenvalue weighted by Gasteiger charge is -2.10. The summed E-state index contributed by atoms with van der Waals surface area (Å²) >= 11 is 0. The van der Waals surface area contributed by atoms with Crippen molar-refractivity contribution in [1.29, 1.82) is 0 Å². The second-order valence-electron chi connectivity index (χ2n) is 6.51. The summed E-state index contributed by atoms with van der Waals surface area (Å²) in [6.45, 7) is 0. The van der Waals surface area contributed by atoms with E-state index in [4.69, 9.17) is 0 Å². The van der Waals surface area contributed by atoms with E-state index < -0.39 is 12.3 Å². The Hall–Kier alpha value is -4.14. The van der Waals surface area contributed by atoms with E-state index in [9.17, 15) is 22.8 Å². The van der Waals surface area contributed by atoms with Gasteiger partial charge in [0.1, 0.15) is 12.1 Å². The first-order chi connectivity index (χ1) is 14.8. The molecule has 0 saturated carbocycles. The summed E-state index contributed by atoms with van der Waals surface area (Å²) in [5.74, 6) is -0.843. The lowest BCUT2D eigenvalue weighted by atomic mass is 10.1. The molecule has 9 heteroatoms. The van der Waals surface area contributed by atoms with Gasteiger partial charge in [0, 0.05) is 11.3 Å². The number of nitrogens with zero attached hydrogens (tertiary/aromatic N) is 2. The average molecular weight is 425 g/mol. The molecule has 0 radical (unpaired) electrons. The fraction of sp³-hybridized carbons (Fsp3) is 0.0455. The summed E-state index contributed by atoms with van der Waals surface area (Å²) in [5.41, 5.74) is 1.50. The van der Waals surface area contributed by atoms with Crippen LogP contribution in [0.2, 0.25) is 0 Å². The van der Waals surface area contributed by atoms with Gasteiger partial charge in [0.25, 0.3) is 11.5 Å². The van der Waals surface area contributed by atoms with Crippen molar-refractivity contribution in [1.82, 2.24) is 9.55 Å². The van der Waals surface area contributed by atoms with Gasteiger partial charge in [-0.3, -0.25) is 14.2 Å². The van der Waals surface area contributed by atoms with Gasteiger partial charge in [0.2, 0.25) is 0 Å². The van der Waals surface area contributed by atoms with Crippen LogP contribution in [-0.4, -0.2) is 21.8 Å². The van der Waals surface area contributed by atoms with Crippen LogP contribution in [0.4, 0.5) is 18.9 Å². The zero-order valence-electron chi connectivity index (χ0n) is 15.8. The van der Waals surface area contributed by atoms with Crippen LogP contribution in [0.1, 0.15) is 10.4 Å². The number of carbonyl (C=O) groups excluding carboxylic acids is 1. The molecule has 0 atom stereocenters. The smallest absolute Gasteiger partial charge is 0.406 e. The van der Waals surface area contributed by atoms with Crippen molar-refractivity contribution in [2.45, 2.75) is 6.36 Å². The maximum atomic E-state index is 12.7. The van der Waals surface area contributed by atoms with Gasteiger partial charge < -0.3 is 10.1 Å². The van der Waals surface area contributed by atoms with Crippen molar-refractivity contribution in [3.05, 3.63) is 95.0 Å². The van der Waals surface area contributed by atoms with E-state index in [1.54, 1.807) is 36.4 Å². The van der Waals surface area contributed by atoms with E-state index in [1.807, 2.05) is 0 Å². The minimum Gasteiger partial charge on any atom is -0.406 e. The molecule has 0 aliphatic carbocycles. The second-order valence-corrected chi connectivity index (χ2v) is 6.51. The number of alkyl halides is 3. The summed E-state index contributed by atoms with van der Waals surface area (Å²) in [5, 5.41) is 3.06. The maximum Gasteiger partial charge on any atom is 0.573 e. The number of para-hydroxylation sites is 1. The minimum atomic E-state index is -4.78. The molecule has 0 fully saturated rings. The monoisotopic (exact) mass is 425 g/mol. The Balaban J connectivity index is 1.50. The number of hydrogen-bond donors (Lipinski definition) is 1. The van der Waals surface area contributed by atoms with Crippen molar-refractivity contribution >= 4 is 22.5 Å². The number of nitrogens with one attached hydrogen (secondary N) is 1. The molecular weight excluding hydrogens is 411 g/mol. The fourth-order valence-corrected chi connectivity index (χ4v) is 2.97. The van der Waals surface area contributed by atoms with Crippen LogP contribution in [-0.2, 0) is 0 Å². The van der Waals surface area contributed by atoms with Crippen LogP contribution in [0.3, 0.4) is 0 Å². The number of fused-ring (bicyclic) bond motifs is 1. The molecule has 0 aliphatic heterocycles. The number of aromatic nitrogens is 2.